The maximum absolute atomic E-state index is 4.67. The summed E-state index contributed by atoms with van der Waals surface area (Å²) in [4.78, 5) is 7.32. The second-order valence-electron chi connectivity index (χ2n) is 4.54. The molecular weight excluding hydrogens is 352 g/mol. The maximum Gasteiger partial charge on any atom is 0.103 e. The van der Waals surface area contributed by atoms with Crippen molar-refractivity contribution in [3.63, 3.8) is 0 Å². The second-order valence-corrected chi connectivity index (χ2v) is 7.67. The van der Waals surface area contributed by atoms with Crippen molar-refractivity contribution in [3.05, 3.63) is 44.3 Å². The molecule has 0 aliphatic heterocycles. The number of halogens is 1. The van der Waals surface area contributed by atoms with Crippen LogP contribution >= 0.6 is 39.0 Å². The van der Waals surface area contributed by atoms with E-state index in [0.29, 0.717) is 0 Å². The lowest BCUT2D eigenvalue weighted by Gasteiger charge is -2.00. The quantitative estimate of drug-likeness (QED) is 0.547. The van der Waals surface area contributed by atoms with Gasteiger partial charge >= 0.3 is 0 Å². The van der Waals surface area contributed by atoms with Crippen molar-refractivity contribution >= 4 is 39.0 Å². The Balaban J connectivity index is 1.89. The normalized spacial score (nSPS) is 10.9. The monoisotopic (exact) mass is 370 g/mol. The number of aryl methyl sites for hydroxylation is 1. The maximum atomic E-state index is 4.67. The van der Waals surface area contributed by atoms with Crippen molar-refractivity contribution in [3.8, 4) is 0 Å². The van der Waals surface area contributed by atoms with Crippen molar-refractivity contribution in [2.24, 2.45) is 0 Å². The summed E-state index contributed by atoms with van der Waals surface area (Å²) < 4.78 is 1.12. The van der Waals surface area contributed by atoms with Crippen LogP contribution in [0.1, 0.15) is 28.9 Å². The molecule has 0 unspecified atom stereocenters. The summed E-state index contributed by atoms with van der Waals surface area (Å²) in [5, 5.41) is 4.66. The number of hydrogen-bond acceptors (Lipinski definition) is 4. The van der Waals surface area contributed by atoms with E-state index in [2.05, 4.69) is 64.3 Å². The van der Waals surface area contributed by atoms with Gasteiger partial charge in [-0.2, -0.15) is 0 Å². The molecule has 2 nitrogen and oxygen atoms in total. The molecule has 0 fully saturated rings. The fourth-order valence-electron chi connectivity index (χ4n) is 1.77. The van der Waals surface area contributed by atoms with Crippen LogP contribution in [0.3, 0.4) is 0 Å². The van der Waals surface area contributed by atoms with Crippen LogP contribution in [0.2, 0.25) is 0 Å². The third-order valence-corrected chi connectivity index (χ3v) is 5.72. The average molecular weight is 371 g/mol. The van der Waals surface area contributed by atoms with Crippen LogP contribution < -0.4 is 5.32 Å². The van der Waals surface area contributed by atoms with Crippen LogP contribution in [0.25, 0.3) is 0 Å². The summed E-state index contributed by atoms with van der Waals surface area (Å²) in [5.74, 6) is 0.945. The van der Waals surface area contributed by atoms with E-state index < -0.39 is 0 Å². The van der Waals surface area contributed by atoms with Gasteiger partial charge in [0, 0.05) is 20.8 Å². The number of hydrogen-bond donors (Lipinski definition) is 1. The summed E-state index contributed by atoms with van der Waals surface area (Å²) in [6.45, 7) is 6.31. The van der Waals surface area contributed by atoms with Crippen LogP contribution in [0.4, 0.5) is 0 Å². The van der Waals surface area contributed by atoms with E-state index in [-0.39, 0.29) is 0 Å². The highest BCUT2D eigenvalue weighted by Crippen LogP contribution is 2.27. The van der Waals surface area contributed by atoms with Gasteiger partial charge in [-0.05, 0) is 44.2 Å². The molecule has 108 valence electrons. The molecule has 0 radical (unpaired) electrons. The van der Waals surface area contributed by atoms with Crippen LogP contribution in [0.5, 0.6) is 0 Å². The number of benzene rings is 1. The standard InChI is InChI=1S/C15H19BrN2S2/c1-3-8-17-9-14-11(2)18-15(20-14)10-19-13-6-4-12(16)5-7-13/h4-7,17H,3,8-10H2,1-2H3. The molecule has 1 aromatic heterocycles. The highest BCUT2D eigenvalue weighted by molar-refractivity contribution is 9.10. The highest BCUT2D eigenvalue weighted by Gasteiger charge is 2.07. The summed E-state index contributed by atoms with van der Waals surface area (Å²) >= 11 is 7.13. The van der Waals surface area contributed by atoms with E-state index in [4.69, 9.17) is 0 Å². The molecule has 0 saturated heterocycles. The van der Waals surface area contributed by atoms with Gasteiger partial charge in [-0.25, -0.2) is 4.98 Å². The molecule has 2 aromatic rings. The molecule has 1 aromatic carbocycles. The SMILES string of the molecule is CCCNCc1sc(CSc2ccc(Br)cc2)nc1C. The minimum absolute atomic E-state index is 0.945. The Labute approximate surface area is 137 Å². The largest absolute Gasteiger partial charge is 0.312 e. The molecule has 0 atom stereocenters. The van der Waals surface area contributed by atoms with Gasteiger partial charge in [0.15, 0.2) is 0 Å². The first kappa shape index (κ1) is 16.0. The van der Waals surface area contributed by atoms with Gasteiger partial charge in [0.2, 0.25) is 0 Å². The molecule has 0 aliphatic carbocycles. The van der Waals surface area contributed by atoms with Gasteiger partial charge in [-0.1, -0.05) is 22.9 Å². The number of thioether (sulfide) groups is 1. The molecule has 0 aliphatic rings. The van der Waals surface area contributed by atoms with E-state index in [1.54, 1.807) is 0 Å². The zero-order valence-electron chi connectivity index (χ0n) is 11.8. The Morgan fingerprint density at radius 3 is 2.75 bits per heavy atom. The van der Waals surface area contributed by atoms with Gasteiger partial charge in [-0.3, -0.25) is 0 Å². The Kier molecular flexibility index (Phi) is 6.55. The van der Waals surface area contributed by atoms with Gasteiger partial charge in [-0.15, -0.1) is 23.1 Å². The first-order chi connectivity index (χ1) is 9.69. The number of rotatable bonds is 7. The molecule has 0 saturated carbocycles. The van der Waals surface area contributed by atoms with Crippen molar-refractivity contribution in [2.45, 2.75) is 37.5 Å². The topological polar surface area (TPSA) is 24.9 Å². The lowest BCUT2D eigenvalue weighted by Crippen LogP contribution is -2.13. The van der Waals surface area contributed by atoms with Gasteiger partial charge < -0.3 is 5.32 Å². The lowest BCUT2D eigenvalue weighted by molar-refractivity contribution is 0.678. The zero-order chi connectivity index (χ0) is 14.4. The number of nitrogens with one attached hydrogen (secondary N) is 1. The Morgan fingerprint density at radius 1 is 1.30 bits per heavy atom. The lowest BCUT2D eigenvalue weighted by atomic mass is 10.4. The number of aromatic nitrogens is 1. The first-order valence-corrected chi connectivity index (χ1v) is 9.33. The van der Waals surface area contributed by atoms with Crippen molar-refractivity contribution < 1.29 is 0 Å². The van der Waals surface area contributed by atoms with Gasteiger partial charge in [0.1, 0.15) is 5.01 Å². The Morgan fingerprint density at radius 2 is 2.05 bits per heavy atom. The Bertz CT molecular complexity index is 537. The number of nitrogens with zero attached hydrogens (tertiary/aromatic N) is 1. The van der Waals surface area contributed by atoms with Gasteiger partial charge in [0.25, 0.3) is 0 Å². The van der Waals surface area contributed by atoms with Gasteiger partial charge in [0.05, 0.1) is 11.4 Å². The number of thiazole rings is 1. The first-order valence-electron chi connectivity index (χ1n) is 6.73. The molecule has 2 rings (SSSR count). The Hall–Kier alpha value is -0.360. The summed E-state index contributed by atoms with van der Waals surface area (Å²) in [5.41, 5.74) is 1.17. The minimum atomic E-state index is 0.945. The van der Waals surface area contributed by atoms with E-state index in [1.165, 1.54) is 26.9 Å². The van der Waals surface area contributed by atoms with E-state index in [9.17, 15) is 0 Å². The third kappa shape index (κ3) is 4.88. The zero-order valence-corrected chi connectivity index (χ0v) is 15.0. The average Bonchev–Trinajstić information content (AvgIpc) is 2.79. The van der Waals surface area contributed by atoms with Crippen LogP contribution in [-0.2, 0) is 12.3 Å². The summed E-state index contributed by atoms with van der Waals surface area (Å²) in [6, 6.07) is 8.43. The van der Waals surface area contributed by atoms with E-state index in [1.807, 2.05) is 23.1 Å². The highest BCUT2D eigenvalue weighted by atomic mass is 79.9. The fraction of sp³-hybridized carbons (Fsp3) is 0.400. The molecular formula is C15H19BrN2S2. The van der Waals surface area contributed by atoms with Crippen LogP contribution in [0, 0.1) is 6.92 Å². The van der Waals surface area contributed by atoms with E-state index >= 15 is 0 Å². The molecule has 1 heterocycles. The molecule has 0 bridgehead atoms. The predicted octanol–water partition coefficient (Wildman–Crippen LogP) is 5.01. The third-order valence-electron chi connectivity index (χ3n) is 2.83. The summed E-state index contributed by atoms with van der Waals surface area (Å²) in [6.07, 6.45) is 1.17. The molecule has 1 N–H and O–H groups in total. The van der Waals surface area contributed by atoms with Crippen molar-refractivity contribution in [2.75, 3.05) is 6.54 Å². The fourth-order valence-corrected chi connectivity index (χ4v) is 3.96. The molecule has 5 heteroatoms. The smallest absolute Gasteiger partial charge is 0.103 e. The van der Waals surface area contributed by atoms with Crippen LogP contribution in [-0.4, -0.2) is 11.5 Å². The van der Waals surface area contributed by atoms with Crippen molar-refractivity contribution in [1.82, 2.24) is 10.3 Å². The van der Waals surface area contributed by atoms with Crippen molar-refractivity contribution in [1.29, 1.82) is 0 Å². The summed E-state index contributed by atoms with van der Waals surface area (Å²) in [7, 11) is 0. The molecule has 0 spiro atoms. The van der Waals surface area contributed by atoms with Crippen LogP contribution in [0.15, 0.2) is 33.6 Å². The second kappa shape index (κ2) is 8.17. The molecule has 0 amide bonds. The molecule has 20 heavy (non-hydrogen) atoms. The minimum Gasteiger partial charge on any atom is -0.312 e. The van der Waals surface area contributed by atoms with E-state index in [0.717, 1.165) is 23.3 Å². The predicted molar refractivity (Wildman–Crippen MR) is 92.6 cm³/mol.